The fourth-order valence-electron chi connectivity index (χ4n) is 2.89. The Hall–Kier alpha value is -1.33. The lowest BCUT2D eigenvalue weighted by Crippen LogP contribution is -2.35. The molecule has 118 valence electrons. The number of hydrogen-bond donors (Lipinski definition) is 1. The lowest BCUT2D eigenvalue weighted by atomic mass is 9.97. The van der Waals surface area contributed by atoms with Crippen LogP contribution in [0.1, 0.15) is 41.6 Å². The Morgan fingerprint density at radius 3 is 2.81 bits per heavy atom. The monoisotopic (exact) mass is 294 g/mol. The number of ether oxygens (including phenoxy) is 1. The average molecular weight is 294 g/mol. The third-order valence-corrected chi connectivity index (χ3v) is 4.18. The number of nitrogens with zero attached hydrogens (tertiary/aromatic N) is 1. The van der Waals surface area contributed by atoms with Crippen LogP contribution in [0.15, 0.2) is 10.5 Å². The molecule has 2 rings (SSSR count). The maximum Gasteiger partial charge on any atom is 0.341 e. The first-order chi connectivity index (χ1) is 10.1. The highest BCUT2D eigenvalue weighted by atomic mass is 16.5. The lowest BCUT2D eigenvalue weighted by Gasteiger charge is -2.28. The van der Waals surface area contributed by atoms with Crippen molar-refractivity contribution in [1.82, 2.24) is 10.2 Å². The number of carbonyl (C=O) groups is 1. The number of carbonyl (C=O) groups excluding carboxylic acids is 1. The summed E-state index contributed by atoms with van der Waals surface area (Å²) in [7, 11) is 1.39. The molecule has 0 aromatic carbocycles. The Kier molecular flexibility index (Phi) is 5.82. The van der Waals surface area contributed by atoms with E-state index in [2.05, 4.69) is 17.1 Å². The highest BCUT2D eigenvalue weighted by molar-refractivity contribution is 5.90. The number of esters is 1. The summed E-state index contributed by atoms with van der Waals surface area (Å²) in [6.07, 6.45) is 2.47. The molecule has 5 nitrogen and oxygen atoms in total. The first-order valence-electron chi connectivity index (χ1n) is 7.74. The van der Waals surface area contributed by atoms with Crippen molar-refractivity contribution in [3.8, 4) is 0 Å². The second-order valence-corrected chi connectivity index (χ2v) is 5.70. The third-order valence-electron chi connectivity index (χ3n) is 4.18. The van der Waals surface area contributed by atoms with Crippen LogP contribution in [0.5, 0.6) is 0 Å². The minimum absolute atomic E-state index is 0.330. The van der Waals surface area contributed by atoms with E-state index in [0.29, 0.717) is 11.3 Å². The van der Waals surface area contributed by atoms with Crippen molar-refractivity contribution in [2.24, 2.45) is 5.92 Å². The van der Waals surface area contributed by atoms with Crippen molar-refractivity contribution in [3.63, 3.8) is 0 Å². The van der Waals surface area contributed by atoms with Gasteiger partial charge in [0.25, 0.3) is 0 Å². The number of rotatable bonds is 6. The average Bonchev–Trinajstić information content (AvgIpc) is 2.87. The van der Waals surface area contributed by atoms with E-state index in [4.69, 9.17) is 9.15 Å². The zero-order valence-corrected chi connectivity index (χ0v) is 13.3. The topological polar surface area (TPSA) is 54.7 Å². The summed E-state index contributed by atoms with van der Waals surface area (Å²) in [5.41, 5.74) is 0.533. The van der Waals surface area contributed by atoms with Gasteiger partial charge in [-0.1, -0.05) is 6.92 Å². The van der Waals surface area contributed by atoms with Gasteiger partial charge in [0.2, 0.25) is 0 Å². The SMILES string of the molecule is CCN(Cc1cc(C(=O)OC)c(C)o1)CC1CCNCC1. The molecule has 1 aromatic rings. The van der Waals surface area contributed by atoms with Gasteiger partial charge in [-0.3, -0.25) is 4.90 Å². The van der Waals surface area contributed by atoms with Crippen LogP contribution >= 0.6 is 0 Å². The Morgan fingerprint density at radius 2 is 2.19 bits per heavy atom. The molecule has 1 fully saturated rings. The molecule has 0 aliphatic carbocycles. The summed E-state index contributed by atoms with van der Waals surface area (Å²) in [5.74, 6) is 1.89. The van der Waals surface area contributed by atoms with Crippen LogP contribution in [0.4, 0.5) is 0 Å². The van der Waals surface area contributed by atoms with Gasteiger partial charge in [0.15, 0.2) is 0 Å². The molecular weight excluding hydrogens is 268 g/mol. The molecular formula is C16H26N2O3. The molecule has 2 heterocycles. The fraction of sp³-hybridized carbons (Fsp3) is 0.688. The second kappa shape index (κ2) is 7.61. The molecule has 1 N–H and O–H groups in total. The molecule has 0 atom stereocenters. The van der Waals surface area contributed by atoms with E-state index < -0.39 is 0 Å². The van der Waals surface area contributed by atoms with Crippen LogP contribution in [-0.2, 0) is 11.3 Å². The first kappa shape index (κ1) is 16.0. The molecule has 1 aliphatic rings. The van der Waals surface area contributed by atoms with Crippen molar-refractivity contribution >= 4 is 5.97 Å². The quantitative estimate of drug-likeness (QED) is 0.815. The van der Waals surface area contributed by atoms with Crippen LogP contribution in [0.2, 0.25) is 0 Å². The van der Waals surface area contributed by atoms with E-state index in [1.807, 2.05) is 6.07 Å². The fourth-order valence-corrected chi connectivity index (χ4v) is 2.89. The van der Waals surface area contributed by atoms with Crippen LogP contribution in [-0.4, -0.2) is 44.2 Å². The van der Waals surface area contributed by atoms with Crippen LogP contribution in [0, 0.1) is 12.8 Å². The van der Waals surface area contributed by atoms with Crippen molar-refractivity contribution in [2.45, 2.75) is 33.2 Å². The van der Waals surface area contributed by atoms with Crippen molar-refractivity contribution in [3.05, 3.63) is 23.2 Å². The Bertz CT molecular complexity index is 464. The maximum atomic E-state index is 11.6. The zero-order chi connectivity index (χ0) is 15.2. The lowest BCUT2D eigenvalue weighted by molar-refractivity contribution is 0.0599. The van der Waals surface area contributed by atoms with E-state index in [9.17, 15) is 4.79 Å². The van der Waals surface area contributed by atoms with Gasteiger partial charge >= 0.3 is 5.97 Å². The van der Waals surface area contributed by atoms with E-state index in [0.717, 1.165) is 44.4 Å². The highest BCUT2D eigenvalue weighted by Crippen LogP contribution is 2.19. The van der Waals surface area contributed by atoms with Gasteiger partial charge < -0.3 is 14.5 Å². The molecule has 0 spiro atoms. The minimum Gasteiger partial charge on any atom is -0.465 e. The van der Waals surface area contributed by atoms with Gasteiger partial charge in [0.1, 0.15) is 17.1 Å². The van der Waals surface area contributed by atoms with Gasteiger partial charge in [-0.05, 0) is 51.4 Å². The normalized spacial score (nSPS) is 16.4. The molecule has 5 heteroatoms. The predicted octanol–water partition coefficient (Wildman–Crippen LogP) is 2.20. The largest absolute Gasteiger partial charge is 0.465 e. The van der Waals surface area contributed by atoms with Gasteiger partial charge in [-0.2, -0.15) is 0 Å². The summed E-state index contributed by atoms with van der Waals surface area (Å²) in [5, 5.41) is 3.40. The number of nitrogens with one attached hydrogen (secondary N) is 1. The molecule has 21 heavy (non-hydrogen) atoms. The Balaban J connectivity index is 1.96. The summed E-state index contributed by atoms with van der Waals surface area (Å²) in [4.78, 5) is 14.0. The maximum absolute atomic E-state index is 11.6. The third kappa shape index (κ3) is 4.32. The van der Waals surface area contributed by atoms with Gasteiger partial charge in [-0.25, -0.2) is 4.79 Å². The van der Waals surface area contributed by atoms with Crippen molar-refractivity contribution < 1.29 is 13.9 Å². The molecule has 1 aliphatic heterocycles. The first-order valence-corrected chi connectivity index (χ1v) is 7.74. The van der Waals surface area contributed by atoms with Crippen LogP contribution in [0.3, 0.4) is 0 Å². The van der Waals surface area contributed by atoms with E-state index >= 15 is 0 Å². The van der Waals surface area contributed by atoms with E-state index in [1.165, 1.54) is 20.0 Å². The number of methoxy groups -OCH3 is 1. The van der Waals surface area contributed by atoms with Gasteiger partial charge in [0, 0.05) is 6.54 Å². The van der Waals surface area contributed by atoms with Crippen molar-refractivity contribution in [2.75, 3.05) is 33.3 Å². The molecule has 0 bridgehead atoms. The summed E-state index contributed by atoms with van der Waals surface area (Å²) in [6.45, 7) is 9.03. The van der Waals surface area contributed by atoms with E-state index in [-0.39, 0.29) is 5.97 Å². The number of hydrogen-bond acceptors (Lipinski definition) is 5. The summed E-state index contributed by atoms with van der Waals surface area (Å²) in [6, 6.07) is 1.81. The van der Waals surface area contributed by atoms with E-state index in [1.54, 1.807) is 6.92 Å². The zero-order valence-electron chi connectivity index (χ0n) is 13.3. The smallest absolute Gasteiger partial charge is 0.341 e. The molecule has 0 radical (unpaired) electrons. The predicted molar refractivity (Wildman–Crippen MR) is 81.3 cm³/mol. The highest BCUT2D eigenvalue weighted by Gasteiger charge is 2.19. The van der Waals surface area contributed by atoms with Gasteiger partial charge in [0.05, 0.1) is 13.7 Å². The van der Waals surface area contributed by atoms with Crippen LogP contribution in [0.25, 0.3) is 0 Å². The number of piperidine rings is 1. The van der Waals surface area contributed by atoms with Gasteiger partial charge in [-0.15, -0.1) is 0 Å². The second-order valence-electron chi connectivity index (χ2n) is 5.70. The summed E-state index contributed by atoms with van der Waals surface area (Å²) >= 11 is 0. The molecule has 0 saturated carbocycles. The Morgan fingerprint density at radius 1 is 1.48 bits per heavy atom. The standard InChI is InChI=1S/C16H26N2O3/c1-4-18(10-13-5-7-17-8-6-13)11-14-9-15(12(2)21-14)16(19)20-3/h9,13,17H,4-8,10-11H2,1-3H3. The summed E-state index contributed by atoms with van der Waals surface area (Å²) < 4.78 is 10.5. The number of aryl methyl sites for hydroxylation is 1. The molecule has 0 amide bonds. The molecule has 1 aromatic heterocycles. The van der Waals surface area contributed by atoms with Crippen LogP contribution < -0.4 is 5.32 Å². The number of furan rings is 1. The minimum atomic E-state index is -0.330. The molecule has 1 saturated heterocycles. The molecule has 0 unspecified atom stereocenters. The van der Waals surface area contributed by atoms with Crippen molar-refractivity contribution in [1.29, 1.82) is 0 Å². The Labute approximate surface area is 126 Å².